The van der Waals surface area contributed by atoms with E-state index >= 15 is 0 Å². The minimum atomic E-state index is -0.844. The van der Waals surface area contributed by atoms with Gasteiger partial charge in [0.25, 0.3) is 0 Å². The van der Waals surface area contributed by atoms with Gasteiger partial charge >= 0.3 is 5.97 Å². The summed E-state index contributed by atoms with van der Waals surface area (Å²) < 4.78 is 2.11. The molecule has 1 saturated carbocycles. The summed E-state index contributed by atoms with van der Waals surface area (Å²) in [6.45, 7) is 5.20. The van der Waals surface area contributed by atoms with Crippen LogP contribution in [0.15, 0.2) is 24.3 Å². The van der Waals surface area contributed by atoms with E-state index in [0.717, 1.165) is 22.5 Å². The molecule has 1 aliphatic rings. The number of carboxylic acids is 1. The molecule has 0 unspecified atom stereocenters. The minimum Gasteiger partial charge on any atom is -0.478 e. The fourth-order valence-electron chi connectivity index (χ4n) is 4.19. The molecular formula is C22H29ClN2O2. The highest BCUT2D eigenvalue weighted by atomic mass is 35.5. The summed E-state index contributed by atoms with van der Waals surface area (Å²) in [5.41, 5.74) is 4.32. The number of hydrogen-bond acceptors (Lipinski definition) is 2. The fourth-order valence-corrected chi connectivity index (χ4v) is 4.31. The van der Waals surface area contributed by atoms with Crippen LogP contribution in [-0.2, 0) is 13.1 Å². The standard InChI is InChI=1S/C22H29ClN2O2/c1-15-20(13-24-19-7-5-3-4-6-8-19)21(22(26)27)16(2)25(15)14-17-9-11-18(23)12-10-17/h9-12,19,24H,3-8,13-14H2,1-2H3,(H,26,27). The molecule has 27 heavy (non-hydrogen) atoms. The third-order valence-electron chi connectivity index (χ3n) is 5.80. The molecule has 0 aliphatic heterocycles. The number of nitrogens with one attached hydrogen (secondary N) is 1. The highest BCUT2D eigenvalue weighted by Crippen LogP contribution is 2.25. The quantitative estimate of drug-likeness (QED) is 0.658. The van der Waals surface area contributed by atoms with Crippen LogP contribution in [0.2, 0.25) is 5.02 Å². The minimum absolute atomic E-state index is 0.447. The third kappa shape index (κ3) is 4.74. The van der Waals surface area contributed by atoms with Crippen molar-refractivity contribution >= 4 is 17.6 Å². The first-order valence-corrected chi connectivity index (χ1v) is 10.2. The van der Waals surface area contributed by atoms with Crippen molar-refractivity contribution in [3.8, 4) is 0 Å². The van der Waals surface area contributed by atoms with Gasteiger partial charge in [0.05, 0.1) is 5.56 Å². The maximum absolute atomic E-state index is 12.0. The zero-order chi connectivity index (χ0) is 19.4. The Morgan fingerprint density at radius 3 is 2.33 bits per heavy atom. The summed E-state index contributed by atoms with van der Waals surface area (Å²) in [6, 6.07) is 8.22. The lowest BCUT2D eigenvalue weighted by Gasteiger charge is -2.17. The van der Waals surface area contributed by atoms with E-state index in [1.54, 1.807) is 0 Å². The number of carbonyl (C=O) groups is 1. The van der Waals surface area contributed by atoms with Crippen molar-refractivity contribution in [1.29, 1.82) is 0 Å². The average Bonchev–Trinajstić information content (AvgIpc) is 2.82. The van der Waals surface area contributed by atoms with E-state index in [-0.39, 0.29) is 0 Å². The Bertz CT molecular complexity index is 788. The predicted molar refractivity (Wildman–Crippen MR) is 110 cm³/mol. The van der Waals surface area contributed by atoms with Crippen molar-refractivity contribution < 1.29 is 9.90 Å². The first-order chi connectivity index (χ1) is 13.0. The van der Waals surface area contributed by atoms with Gasteiger partial charge in [0.2, 0.25) is 0 Å². The lowest BCUT2D eigenvalue weighted by Crippen LogP contribution is -2.28. The summed E-state index contributed by atoms with van der Waals surface area (Å²) in [5, 5.41) is 14.1. The van der Waals surface area contributed by atoms with Gasteiger partial charge < -0.3 is 15.0 Å². The van der Waals surface area contributed by atoms with Crippen molar-refractivity contribution in [2.45, 2.75) is 71.5 Å². The van der Waals surface area contributed by atoms with Crippen molar-refractivity contribution in [2.75, 3.05) is 0 Å². The largest absolute Gasteiger partial charge is 0.478 e. The molecule has 1 aromatic carbocycles. The monoisotopic (exact) mass is 388 g/mol. The molecule has 0 amide bonds. The lowest BCUT2D eigenvalue weighted by molar-refractivity contribution is 0.0694. The molecule has 0 bridgehead atoms. The van der Waals surface area contributed by atoms with Crippen molar-refractivity contribution in [1.82, 2.24) is 9.88 Å². The third-order valence-corrected chi connectivity index (χ3v) is 6.05. The van der Waals surface area contributed by atoms with Crippen LogP contribution in [0.3, 0.4) is 0 Å². The molecule has 2 aromatic rings. The number of carboxylic acid groups (broad SMARTS) is 1. The molecule has 2 N–H and O–H groups in total. The summed E-state index contributed by atoms with van der Waals surface area (Å²) in [4.78, 5) is 12.0. The van der Waals surface area contributed by atoms with E-state index in [9.17, 15) is 9.90 Å². The molecule has 1 aliphatic carbocycles. The topological polar surface area (TPSA) is 54.3 Å². The SMILES string of the molecule is Cc1c(CNC2CCCCCC2)c(C(=O)O)c(C)n1Cc1ccc(Cl)cc1. The highest BCUT2D eigenvalue weighted by molar-refractivity contribution is 6.30. The second-order valence-electron chi connectivity index (χ2n) is 7.61. The van der Waals surface area contributed by atoms with Crippen LogP contribution in [0, 0.1) is 13.8 Å². The fraction of sp³-hybridized carbons (Fsp3) is 0.500. The van der Waals surface area contributed by atoms with E-state index in [2.05, 4.69) is 9.88 Å². The number of hydrogen-bond donors (Lipinski definition) is 2. The van der Waals surface area contributed by atoms with Crippen LogP contribution in [0.25, 0.3) is 0 Å². The average molecular weight is 389 g/mol. The number of aromatic carboxylic acids is 1. The number of nitrogens with zero attached hydrogens (tertiary/aromatic N) is 1. The highest BCUT2D eigenvalue weighted by Gasteiger charge is 2.23. The molecule has 146 valence electrons. The first kappa shape index (κ1) is 20.0. The molecule has 4 nitrogen and oxygen atoms in total. The van der Waals surface area contributed by atoms with Gasteiger partial charge in [-0.1, -0.05) is 49.4 Å². The van der Waals surface area contributed by atoms with Gasteiger partial charge in [-0.25, -0.2) is 4.79 Å². The molecule has 5 heteroatoms. The number of rotatable bonds is 6. The second-order valence-corrected chi connectivity index (χ2v) is 8.05. The van der Waals surface area contributed by atoms with Crippen LogP contribution in [0.1, 0.15) is 71.4 Å². The van der Waals surface area contributed by atoms with Crippen LogP contribution in [0.4, 0.5) is 0 Å². The Hall–Kier alpha value is -1.78. The summed E-state index contributed by atoms with van der Waals surface area (Å²) in [5.74, 6) is -0.844. The second kappa shape index (κ2) is 8.94. The smallest absolute Gasteiger partial charge is 0.337 e. The Labute approximate surface area is 166 Å². The number of benzene rings is 1. The maximum atomic E-state index is 12.0. The molecule has 3 rings (SSSR count). The molecule has 1 fully saturated rings. The van der Waals surface area contributed by atoms with Gasteiger partial charge in [-0.05, 0) is 44.4 Å². The molecule has 0 saturated heterocycles. The van der Waals surface area contributed by atoms with Crippen LogP contribution in [-0.4, -0.2) is 21.7 Å². The zero-order valence-corrected chi connectivity index (χ0v) is 17.0. The van der Waals surface area contributed by atoms with Crippen LogP contribution < -0.4 is 5.32 Å². The summed E-state index contributed by atoms with van der Waals surface area (Å²) in [7, 11) is 0. The Balaban J connectivity index is 1.83. The normalized spacial score (nSPS) is 15.7. The molecule has 0 spiro atoms. The zero-order valence-electron chi connectivity index (χ0n) is 16.2. The van der Waals surface area contributed by atoms with E-state index < -0.39 is 5.97 Å². The van der Waals surface area contributed by atoms with Crippen molar-refractivity contribution in [3.05, 3.63) is 57.4 Å². The number of aromatic nitrogens is 1. The van der Waals surface area contributed by atoms with Gasteiger partial charge in [-0.3, -0.25) is 0 Å². The predicted octanol–water partition coefficient (Wildman–Crippen LogP) is 5.32. The van der Waals surface area contributed by atoms with Gasteiger partial charge in [0, 0.05) is 41.1 Å². The Morgan fingerprint density at radius 2 is 1.74 bits per heavy atom. The first-order valence-electron chi connectivity index (χ1n) is 9.87. The van der Waals surface area contributed by atoms with Gasteiger partial charge in [0.15, 0.2) is 0 Å². The van der Waals surface area contributed by atoms with E-state index in [4.69, 9.17) is 11.6 Å². The molecule has 0 radical (unpaired) electrons. The van der Waals surface area contributed by atoms with Gasteiger partial charge in [-0.2, -0.15) is 0 Å². The van der Waals surface area contributed by atoms with Crippen molar-refractivity contribution in [3.63, 3.8) is 0 Å². The van der Waals surface area contributed by atoms with E-state index in [1.165, 1.54) is 38.5 Å². The number of halogens is 1. The summed E-state index contributed by atoms with van der Waals surface area (Å²) >= 11 is 5.98. The van der Waals surface area contributed by atoms with Crippen molar-refractivity contribution in [2.24, 2.45) is 0 Å². The van der Waals surface area contributed by atoms with Crippen LogP contribution >= 0.6 is 11.6 Å². The van der Waals surface area contributed by atoms with E-state index in [1.807, 2.05) is 38.1 Å². The van der Waals surface area contributed by atoms with Crippen LogP contribution in [0.5, 0.6) is 0 Å². The molecular weight excluding hydrogens is 360 g/mol. The summed E-state index contributed by atoms with van der Waals surface area (Å²) in [6.07, 6.45) is 7.53. The Morgan fingerprint density at radius 1 is 1.11 bits per heavy atom. The van der Waals surface area contributed by atoms with E-state index in [0.29, 0.717) is 29.7 Å². The molecule has 1 aromatic heterocycles. The Kier molecular flexibility index (Phi) is 6.61. The lowest BCUT2D eigenvalue weighted by atomic mass is 10.1. The maximum Gasteiger partial charge on any atom is 0.337 e. The van der Waals surface area contributed by atoms with Gasteiger partial charge in [-0.15, -0.1) is 0 Å². The molecule has 1 heterocycles. The van der Waals surface area contributed by atoms with Gasteiger partial charge in [0.1, 0.15) is 0 Å². The molecule has 0 atom stereocenters.